The third-order valence-electron chi connectivity index (χ3n) is 2.78. The van der Waals surface area contributed by atoms with Crippen LogP contribution >= 0.6 is 0 Å². The van der Waals surface area contributed by atoms with Gasteiger partial charge in [0.25, 0.3) is 5.69 Å². The molecule has 2 aromatic rings. The summed E-state index contributed by atoms with van der Waals surface area (Å²) in [6, 6.07) is 7.20. The summed E-state index contributed by atoms with van der Waals surface area (Å²) < 4.78 is 13.9. The number of nitrogens with one attached hydrogen (secondary N) is 1. The average Bonchev–Trinajstić information content (AvgIpc) is 2.41. The second kappa shape index (κ2) is 5.64. The van der Waals surface area contributed by atoms with Crippen LogP contribution in [0.5, 0.6) is 0 Å². The second-order valence-electron chi connectivity index (χ2n) is 4.37. The van der Waals surface area contributed by atoms with E-state index in [1.165, 1.54) is 18.2 Å². The molecule has 0 aliphatic carbocycles. The van der Waals surface area contributed by atoms with Crippen LogP contribution in [0.1, 0.15) is 12.5 Å². The van der Waals surface area contributed by atoms with Crippen LogP contribution in [-0.4, -0.2) is 16.5 Å². The predicted octanol–water partition coefficient (Wildman–Crippen LogP) is 3.54. The third-order valence-corrected chi connectivity index (χ3v) is 2.78. The summed E-state index contributed by atoms with van der Waals surface area (Å²) >= 11 is 0. The zero-order chi connectivity index (χ0) is 14.7. The Balaban J connectivity index is 2.60. The van der Waals surface area contributed by atoms with Gasteiger partial charge in [0, 0.05) is 18.2 Å². The van der Waals surface area contributed by atoms with Gasteiger partial charge in [-0.25, -0.2) is 9.37 Å². The van der Waals surface area contributed by atoms with Crippen molar-refractivity contribution in [3.63, 3.8) is 0 Å². The fourth-order valence-electron chi connectivity index (χ4n) is 1.87. The highest BCUT2D eigenvalue weighted by molar-refractivity contribution is 5.66. The van der Waals surface area contributed by atoms with Crippen LogP contribution in [0.4, 0.5) is 15.9 Å². The molecule has 0 bridgehead atoms. The van der Waals surface area contributed by atoms with Crippen molar-refractivity contribution in [3.05, 3.63) is 51.8 Å². The highest BCUT2D eigenvalue weighted by atomic mass is 19.1. The van der Waals surface area contributed by atoms with E-state index in [4.69, 9.17) is 0 Å². The smallest absolute Gasteiger partial charge is 0.275 e. The molecule has 0 saturated carbocycles. The Morgan fingerprint density at radius 2 is 2.10 bits per heavy atom. The molecule has 0 unspecified atom stereocenters. The molecule has 104 valence electrons. The van der Waals surface area contributed by atoms with E-state index in [0.29, 0.717) is 12.4 Å². The van der Waals surface area contributed by atoms with Gasteiger partial charge in [-0.05, 0) is 26.0 Å². The lowest BCUT2D eigenvalue weighted by Gasteiger charge is -2.08. The largest absolute Gasteiger partial charge is 0.370 e. The zero-order valence-electron chi connectivity index (χ0n) is 11.2. The van der Waals surface area contributed by atoms with Gasteiger partial charge in [0.1, 0.15) is 11.6 Å². The Bertz CT molecular complexity index is 659. The lowest BCUT2D eigenvalue weighted by atomic mass is 10.1. The van der Waals surface area contributed by atoms with E-state index in [-0.39, 0.29) is 16.9 Å². The normalized spacial score (nSPS) is 10.3. The third kappa shape index (κ3) is 2.90. The van der Waals surface area contributed by atoms with Gasteiger partial charge in [0.05, 0.1) is 16.7 Å². The van der Waals surface area contributed by atoms with E-state index in [1.54, 1.807) is 12.1 Å². The molecule has 0 spiro atoms. The number of aromatic nitrogens is 1. The second-order valence-corrected chi connectivity index (χ2v) is 4.37. The molecule has 1 heterocycles. The first kappa shape index (κ1) is 13.9. The molecule has 0 amide bonds. The van der Waals surface area contributed by atoms with Crippen molar-refractivity contribution in [2.75, 3.05) is 11.9 Å². The minimum absolute atomic E-state index is 0.119. The molecule has 20 heavy (non-hydrogen) atoms. The van der Waals surface area contributed by atoms with Crippen molar-refractivity contribution >= 4 is 11.5 Å². The van der Waals surface area contributed by atoms with Crippen molar-refractivity contribution < 1.29 is 9.31 Å². The van der Waals surface area contributed by atoms with Crippen LogP contribution in [-0.2, 0) is 0 Å². The summed E-state index contributed by atoms with van der Waals surface area (Å²) in [5.74, 6) is -0.0938. The van der Waals surface area contributed by atoms with E-state index in [0.717, 1.165) is 5.56 Å². The molecule has 0 atom stereocenters. The van der Waals surface area contributed by atoms with Gasteiger partial charge in [-0.3, -0.25) is 10.1 Å². The number of halogens is 1. The Hall–Kier alpha value is -2.50. The van der Waals surface area contributed by atoms with E-state index < -0.39 is 10.7 Å². The van der Waals surface area contributed by atoms with Crippen LogP contribution in [0, 0.1) is 22.9 Å². The quantitative estimate of drug-likeness (QED) is 0.684. The highest BCUT2D eigenvalue weighted by Gasteiger charge is 2.14. The number of anilines is 1. The Morgan fingerprint density at radius 3 is 2.75 bits per heavy atom. The first-order valence-electron chi connectivity index (χ1n) is 6.18. The van der Waals surface area contributed by atoms with Crippen LogP contribution in [0.3, 0.4) is 0 Å². The van der Waals surface area contributed by atoms with E-state index in [2.05, 4.69) is 10.3 Å². The summed E-state index contributed by atoms with van der Waals surface area (Å²) in [4.78, 5) is 14.7. The molecule has 6 heteroatoms. The number of aryl methyl sites for hydroxylation is 1. The predicted molar refractivity (Wildman–Crippen MR) is 75.2 cm³/mol. The minimum atomic E-state index is -0.514. The van der Waals surface area contributed by atoms with Gasteiger partial charge in [-0.2, -0.15) is 0 Å². The SMILES string of the molecule is CCNc1cc([N+](=O)[O-])cc(-c2cc(C)ccc2F)n1. The first-order valence-corrected chi connectivity index (χ1v) is 6.18. The lowest BCUT2D eigenvalue weighted by molar-refractivity contribution is -0.384. The number of rotatable bonds is 4. The lowest BCUT2D eigenvalue weighted by Crippen LogP contribution is -2.02. The molecule has 0 radical (unpaired) electrons. The van der Waals surface area contributed by atoms with Gasteiger partial charge in [-0.15, -0.1) is 0 Å². The summed E-state index contributed by atoms with van der Waals surface area (Å²) in [6.07, 6.45) is 0. The number of benzene rings is 1. The average molecular weight is 275 g/mol. The molecule has 1 aromatic carbocycles. The van der Waals surface area contributed by atoms with E-state index in [1.807, 2.05) is 13.8 Å². The topological polar surface area (TPSA) is 68.1 Å². The van der Waals surface area contributed by atoms with Crippen LogP contribution in [0.15, 0.2) is 30.3 Å². The van der Waals surface area contributed by atoms with Crippen LogP contribution in [0.25, 0.3) is 11.3 Å². The number of pyridine rings is 1. The molecule has 0 aliphatic heterocycles. The zero-order valence-corrected chi connectivity index (χ0v) is 11.2. The maximum absolute atomic E-state index is 13.9. The molecular weight excluding hydrogens is 261 g/mol. The fraction of sp³-hybridized carbons (Fsp3) is 0.214. The van der Waals surface area contributed by atoms with Crippen molar-refractivity contribution in [2.45, 2.75) is 13.8 Å². The Kier molecular flexibility index (Phi) is 3.93. The maximum Gasteiger partial charge on any atom is 0.275 e. The Labute approximate surface area is 115 Å². The number of hydrogen-bond acceptors (Lipinski definition) is 4. The van der Waals surface area contributed by atoms with Crippen molar-refractivity contribution in [2.24, 2.45) is 0 Å². The summed E-state index contributed by atoms with van der Waals surface area (Å²) in [5, 5.41) is 13.9. The van der Waals surface area contributed by atoms with Gasteiger partial charge < -0.3 is 5.32 Å². The maximum atomic E-state index is 13.9. The number of nitro groups is 1. The molecular formula is C14H14FN3O2. The van der Waals surface area contributed by atoms with E-state index >= 15 is 0 Å². The van der Waals surface area contributed by atoms with Crippen molar-refractivity contribution in [3.8, 4) is 11.3 Å². The van der Waals surface area contributed by atoms with Crippen molar-refractivity contribution in [1.82, 2.24) is 4.98 Å². The molecule has 1 N–H and O–H groups in total. The Morgan fingerprint density at radius 1 is 1.35 bits per heavy atom. The molecule has 0 aliphatic rings. The fourth-order valence-corrected chi connectivity index (χ4v) is 1.87. The monoisotopic (exact) mass is 275 g/mol. The molecule has 0 fully saturated rings. The number of nitrogens with zero attached hydrogens (tertiary/aromatic N) is 2. The molecule has 2 rings (SSSR count). The highest BCUT2D eigenvalue weighted by Crippen LogP contribution is 2.27. The van der Waals surface area contributed by atoms with Gasteiger partial charge in [0.15, 0.2) is 0 Å². The van der Waals surface area contributed by atoms with Gasteiger partial charge in [0.2, 0.25) is 0 Å². The summed E-state index contributed by atoms with van der Waals surface area (Å²) in [6.45, 7) is 4.25. The summed E-state index contributed by atoms with van der Waals surface area (Å²) in [5.41, 5.74) is 1.25. The van der Waals surface area contributed by atoms with Crippen molar-refractivity contribution in [1.29, 1.82) is 0 Å². The first-order chi connectivity index (χ1) is 9.51. The number of hydrogen-bond donors (Lipinski definition) is 1. The summed E-state index contributed by atoms with van der Waals surface area (Å²) in [7, 11) is 0. The van der Waals surface area contributed by atoms with Crippen LogP contribution in [0.2, 0.25) is 0 Å². The van der Waals surface area contributed by atoms with Gasteiger partial charge in [-0.1, -0.05) is 11.6 Å². The molecule has 5 nitrogen and oxygen atoms in total. The standard InChI is InChI=1S/C14H14FN3O2/c1-3-16-14-8-10(18(19)20)7-13(17-14)11-6-9(2)4-5-12(11)15/h4-8H,3H2,1-2H3,(H,16,17). The molecule has 0 saturated heterocycles. The van der Waals surface area contributed by atoms with Gasteiger partial charge >= 0.3 is 0 Å². The minimum Gasteiger partial charge on any atom is -0.370 e. The van der Waals surface area contributed by atoms with E-state index in [9.17, 15) is 14.5 Å². The van der Waals surface area contributed by atoms with Crippen LogP contribution < -0.4 is 5.32 Å². The molecule has 1 aromatic heterocycles.